The maximum atomic E-state index is 6.15. The molecule has 4 aromatic carbocycles. The molecule has 263 valence electrons. The summed E-state index contributed by atoms with van der Waals surface area (Å²) >= 11 is 0. The molecule has 2 aromatic heterocycles. The van der Waals surface area contributed by atoms with E-state index < -0.39 is 0 Å². The van der Waals surface area contributed by atoms with E-state index in [-0.39, 0.29) is 33.9 Å². The Balaban J connectivity index is 0.000000191. The van der Waals surface area contributed by atoms with Crippen LogP contribution in [0.15, 0.2) is 116 Å². The molecule has 0 amide bonds. The quantitative estimate of drug-likeness (QED) is 0.152. The van der Waals surface area contributed by atoms with Crippen LogP contribution in [-0.4, -0.2) is 32.9 Å². The van der Waals surface area contributed by atoms with Gasteiger partial charge in [0.15, 0.2) is 11.6 Å². The van der Waals surface area contributed by atoms with Gasteiger partial charge in [-0.2, -0.15) is 23.8 Å². The molecule has 51 heavy (non-hydrogen) atoms. The molecule has 0 atom stereocenters. The van der Waals surface area contributed by atoms with Crippen molar-refractivity contribution in [2.45, 2.75) is 48.4 Å². The number of nitrogens with zero attached hydrogens (tertiary/aromatic N) is 8. The van der Waals surface area contributed by atoms with Gasteiger partial charge >= 0.3 is 0 Å². The Morgan fingerprint density at radius 1 is 0.569 bits per heavy atom. The average Bonchev–Trinajstić information content (AvgIpc) is 3.67. The van der Waals surface area contributed by atoms with Crippen molar-refractivity contribution in [2.24, 2.45) is 0 Å². The molecular weight excluding hydrogens is 813 g/mol. The number of fused-ring (bicyclic) bond motifs is 2. The SMILES string of the molecule is C.CCOC1N(c2ccc(C)cc2)c2nccnc2N1c1ccc(C)cc1.Cc1c[c-]c(N2[CH-]N(c3ccc(C)cc3)c3nccnc32)cc1.[Ir]. The largest absolute Gasteiger partial charge is 0.477 e. The van der Waals surface area contributed by atoms with Gasteiger partial charge in [0, 0.05) is 68.6 Å². The third-order valence-electron chi connectivity index (χ3n) is 8.37. The summed E-state index contributed by atoms with van der Waals surface area (Å²) < 4.78 is 6.15. The van der Waals surface area contributed by atoms with Crippen molar-refractivity contribution in [3.05, 3.63) is 151 Å². The van der Waals surface area contributed by atoms with Crippen LogP contribution < -0.4 is 19.6 Å². The normalized spacial score (nSPS) is 13.1. The Labute approximate surface area is 315 Å². The van der Waals surface area contributed by atoms with Crippen molar-refractivity contribution < 1.29 is 24.8 Å². The first-order chi connectivity index (χ1) is 23.9. The molecule has 0 bridgehead atoms. The summed E-state index contributed by atoms with van der Waals surface area (Å²) in [7, 11) is 0. The zero-order valence-electron chi connectivity index (χ0n) is 28.7. The number of ether oxygens (including phenoxy) is 1. The van der Waals surface area contributed by atoms with Crippen LogP contribution in [0, 0.1) is 40.4 Å². The summed E-state index contributed by atoms with van der Waals surface area (Å²) in [6.07, 6.45) is 6.55. The van der Waals surface area contributed by atoms with Gasteiger partial charge in [-0.15, -0.1) is 18.4 Å². The summed E-state index contributed by atoms with van der Waals surface area (Å²) in [6, 6.07) is 34.6. The minimum absolute atomic E-state index is 0. The second kappa shape index (κ2) is 16.2. The van der Waals surface area contributed by atoms with Crippen molar-refractivity contribution in [3.8, 4) is 0 Å². The smallest absolute Gasteiger partial charge is 0.221 e. The molecule has 0 unspecified atom stereocenters. The number of hydrogen-bond donors (Lipinski definition) is 0. The number of anilines is 8. The monoisotopic (exact) mass is 855 g/mol. The van der Waals surface area contributed by atoms with Gasteiger partial charge in [0.05, 0.1) is 0 Å². The van der Waals surface area contributed by atoms with Gasteiger partial charge in [-0.3, -0.25) is 9.80 Å². The number of aryl methyl sites for hydroxylation is 4. The molecule has 0 N–H and O–H groups in total. The predicted molar refractivity (Wildman–Crippen MR) is 203 cm³/mol. The molecule has 0 fully saturated rings. The van der Waals surface area contributed by atoms with Crippen LogP contribution in [0.1, 0.15) is 36.6 Å². The summed E-state index contributed by atoms with van der Waals surface area (Å²) in [4.78, 5) is 26.5. The van der Waals surface area contributed by atoms with Crippen molar-refractivity contribution in [3.63, 3.8) is 0 Å². The van der Waals surface area contributed by atoms with Gasteiger partial charge in [-0.25, -0.2) is 19.9 Å². The molecule has 9 nitrogen and oxygen atoms in total. The van der Waals surface area contributed by atoms with Gasteiger partial charge in [-0.05, 0) is 64.1 Å². The maximum Gasteiger partial charge on any atom is 0.221 e. The molecule has 8 rings (SSSR count). The van der Waals surface area contributed by atoms with Gasteiger partial charge in [0.2, 0.25) is 6.35 Å². The van der Waals surface area contributed by atoms with Gasteiger partial charge < -0.3 is 14.5 Å². The van der Waals surface area contributed by atoms with Crippen LogP contribution in [0.2, 0.25) is 0 Å². The fourth-order valence-electron chi connectivity index (χ4n) is 5.80. The Bertz CT molecular complexity index is 1880. The molecule has 2 aliphatic heterocycles. The van der Waals surface area contributed by atoms with E-state index in [1.54, 1.807) is 24.8 Å². The van der Waals surface area contributed by atoms with Crippen LogP contribution in [-0.2, 0) is 24.8 Å². The Hall–Kier alpha value is -5.15. The molecular formula is C41H42IrN8O-2. The molecule has 6 aromatic rings. The van der Waals surface area contributed by atoms with Crippen LogP contribution >= 0.6 is 0 Å². The predicted octanol–water partition coefficient (Wildman–Crippen LogP) is 9.64. The fourth-order valence-corrected chi connectivity index (χ4v) is 5.80. The summed E-state index contributed by atoms with van der Waals surface area (Å²) in [5, 5.41) is 0. The minimum atomic E-state index is -0.331. The summed E-state index contributed by atoms with van der Waals surface area (Å²) in [5.41, 5.74) is 8.93. The Morgan fingerprint density at radius 3 is 1.41 bits per heavy atom. The van der Waals surface area contributed by atoms with Crippen molar-refractivity contribution >= 4 is 46.0 Å². The van der Waals surface area contributed by atoms with E-state index in [0.717, 1.165) is 46.0 Å². The molecule has 4 heterocycles. The number of rotatable bonds is 6. The summed E-state index contributed by atoms with van der Waals surface area (Å²) in [5.74, 6) is 3.24. The molecule has 0 saturated carbocycles. The number of aromatic nitrogens is 4. The van der Waals surface area contributed by atoms with Gasteiger partial charge in [-0.1, -0.05) is 67.4 Å². The van der Waals surface area contributed by atoms with E-state index in [2.05, 4.69) is 147 Å². The molecule has 2 aliphatic rings. The third kappa shape index (κ3) is 7.64. The third-order valence-corrected chi connectivity index (χ3v) is 8.37. The Kier molecular flexibility index (Phi) is 11.8. The van der Waals surface area contributed by atoms with E-state index in [1.165, 1.54) is 22.3 Å². The number of hydrogen-bond acceptors (Lipinski definition) is 9. The van der Waals surface area contributed by atoms with Crippen molar-refractivity contribution in [1.29, 1.82) is 0 Å². The van der Waals surface area contributed by atoms with Gasteiger partial charge in [0.1, 0.15) is 11.6 Å². The van der Waals surface area contributed by atoms with E-state index in [4.69, 9.17) is 4.74 Å². The van der Waals surface area contributed by atoms with Crippen LogP contribution in [0.25, 0.3) is 0 Å². The van der Waals surface area contributed by atoms with Crippen LogP contribution in [0.4, 0.5) is 46.0 Å². The Morgan fingerprint density at radius 2 is 0.980 bits per heavy atom. The molecule has 1 radical (unpaired) electrons. The average molecular weight is 855 g/mol. The van der Waals surface area contributed by atoms with Gasteiger partial charge in [0.25, 0.3) is 0 Å². The van der Waals surface area contributed by atoms with E-state index in [9.17, 15) is 0 Å². The van der Waals surface area contributed by atoms with E-state index in [1.807, 2.05) is 30.6 Å². The van der Waals surface area contributed by atoms with Crippen molar-refractivity contribution in [2.75, 3.05) is 26.2 Å². The van der Waals surface area contributed by atoms with Crippen LogP contribution in [0.3, 0.4) is 0 Å². The first-order valence-electron chi connectivity index (χ1n) is 16.3. The first kappa shape index (κ1) is 37.1. The summed E-state index contributed by atoms with van der Waals surface area (Å²) in [6.45, 7) is 12.9. The second-order valence-corrected chi connectivity index (χ2v) is 12.0. The second-order valence-electron chi connectivity index (χ2n) is 12.0. The maximum absolute atomic E-state index is 6.15. The van der Waals surface area contributed by atoms with Crippen LogP contribution in [0.5, 0.6) is 0 Å². The topological polar surface area (TPSA) is 73.8 Å². The zero-order chi connectivity index (χ0) is 33.9. The molecule has 10 heteroatoms. The van der Waals surface area contributed by atoms with Crippen molar-refractivity contribution in [1.82, 2.24) is 19.9 Å². The minimum Gasteiger partial charge on any atom is -0.477 e. The molecule has 0 spiro atoms. The first-order valence-corrected chi connectivity index (χ1v) is 16.3. The number of benzene rings is 4. The van der Waals surface area contributed by atoms with E-state index >= 15 is 0 Å². The zero-order valence-corrected chi connectivity index (χ0v) is 31.0. The molecule has 0 saturated heterocycles. The fraction of sp³-hybridized carbons (Fsp3) is 0.195. The standard InChI is InChI=1S/C21H22N4O.C19H16N4.CH4.Ir/c1-4-26-21-24(17-9-5-15(2)6-10-17)19-20(23-14-13-22-19)25(21)18-11-7-16(3)8-12-18;1-14-3-7-16(8-4-14)22-13-23(17-9-5-15(2)6-10-17)19-18(22)20-11-12-21-19;;/h5-14,21H,4H2,1-3H3;3-9,11-13H,1-2H3;1H4;/q;-2;;. The van der Waals surface area contributed by atoms with E-state index in [0.29, 0.717) is 6.61 Å². The molecule has 0 aliphatic carbocycles.